The summed E-state index contributed by atoms with van der Waals surface area (Å²) in [7, 11) is 3.83. The smallest absolute Gasteiger partial charge is 0.317 e. The monoisotopic (exact) mass is 320 g/mol. The summed E-state index contributed by atoms with van der Waals surface area (Å²) in [4.78, 5) is 31.2. The van der Waals surface area contributed by atoms with E-state index in [9.17, 15) is 9.59 Å². The predicted octanol–water partition coefficient (Wildman–Crippen LogP) is 1.40. The molecule has 2 amide bonds. The third-order valence-electron chi connectivity index (χ3n) is 4.01. The van der Waals surface area contributed by atoms with Gasteiger partial charge in [0.25, 0.3) is 0 Å². The van der Waals surface area contributed by atoms with Crippen molar-refractivity contribution in [1.82, 2.24) is 15.2 Å². The molecule has 2 atom stereocenters. The molecule has 0 radical (unpaired) electrons. The molecule has 126 valence electrons. The van der Waals surface area contributed by atoms with Gasteiger partial charge in [0.1, 0.15) is 5.82 Å². The second-order valence-electron chi connectivity index (χ2n) is 6.36. The molecule has 0 aliphatic carbocycles. The molecule has 1 fully saturated rings. The molecule has 1 aliphatic heterocycles. The normalized spacial score (nSPS) is 20.9. The van der Waals surface area contributed by atoms with Crippen LogP contribution < -0.4 is 10.2 Å². The molecule has 2 N–H and O–H groups in total. The number of carboxylic acid groups (broad SMARTS) is 1. The van der Waals surface area contributed by atoms with Gasteiger partial charge in [0.05, 0.1) is 5.92 Å². The highest BCUT2D eigenvalue weighted by atomic mass is 16.4. The van der Waals surface area contributed by atoms with Gasteiger partial charge in [0.15, 0.2) is 0 Å². The SMILES string of the molecule is CC1CC(C(=O)O)CN(C(=O)NCc2ccc(N(C)C)nc2)C1. The second-order valence-corrected chi connectivity index (χ2v) is 6.36. The number of hydrogen-bond donors (Lipinski definition) is 2. The van der Waals surface area contributed by atoms with E-state index in [0.717, 1.165) is 11.4 Å². The highest BCUT2D eigenvalue weighted by molar-refractivity contribution is 5.76. The minimum atomic E-state index is -0.835. The molecule has 1 saturated heterocycles. The van der Waals surface area contributed by atoms with Gasteiger partial charge in [-0.3, -0.25) is 4.79 Å². The summed E-state index contributed by atoms with van der Waals surface area (Å²) in [6.45, 7) is 3.21. The van der Waals surface area contributed by atoms with Gasteiger partial charge in [-0.05, 0) is 24.0 Å². The van der Waals surface area contributed by atoms with E-state index in [1.165, 1.54) is 0 Å². The van der Waals surface area contributed by atoms with Crippen molar-refractivity contribution in [3.8, 4) is 0 Å². The first-order chi connectivity index (χ1) is 10.9. The summed E-state index contributed by atoms with van der Waals surface area (Å²) < 4.78 is 0. The van der Waals surface area contributed by atoms with Gasteiger partial charge in [0, 0.05) is 39.9 Å². The predicted molar refractivity (Wildman–Crippen MR) is 87.3 cm³/mol. The van der Waals surface area contributed by atoms with Crippen molar-refractivity contribution in [2.45, 2.75) is 19.9 Å². The van der Waals surface area contributed by atoms with Gasteiger partial charge >= 0.3 is 12.0 Å². The van der Waals surface area contributed by atoms with E-state index in [1.54, 1.807) is 11.1 Å². The average molecular weight is 320 g/mol. The number of amides is 2. The molecule has 23 heavy (non-hydrogen) atoms. The lowest BCUT2D eigenvalue weighted by Gasteiger charge is -2.34. The Kier molecular flexibility index (Phi) is 5.41. The van der Waals surface area contributed by atoms with Gasteiger partial charge in [-0.15, -0.1) is 0 Å². The van der Waals surface area contributed by atoms with Crippen molar-refractivity contribution in [1.29, 1.82) is 0 Å². The van der Waals surface area contributed by atoms with Crippen LogP contribution in [0.2, 0.25) is 0 Å². The zero-order valence-corrected chi connectivity index (χ0v) is 13.8. The van der Waals surface area contributed by atoms with Crippen LogP contribution in [0.25, 0.3) is 0 Å². The number of aliphatic carboxylic acids is 1. The number of hydrogen-bond acceptors (Lipinski definition) is 4. The quantitative estimate of drug-likeness (QED) is 0.876. The number of carbonyl (C=O) groups is 2. The molecule has 2 heterocycles. The fourth-order valence-electron chi connectivity index (χ4n) is 2.77. The van der Waals surface area contributed by atoms with E-state index in [-0.39, 0.29) is 18.5 Å². The van der Waals surface area contributed by atoms with Gasteiger partial charge in [-0.1, -0.05) is 13.0 Å². The summed E-state index contributed by atoms with van der Waals surface area (Å²) in [6.07, 6.45) is 2.35. The van der Waals surface area contributed by atoms with Crippen LogP contribution in [-0.2, 0) is 11.3 Å². The van der Waals surface area contributed by atoms with Crippen molar-refractivity contribution in [2.24, 2.45) is 11.8 Å². The number of likely N-dealkylation sites (tertiary alicyclic amines) is 1. The van der Waals surface area contributed by atoms with Gasteiger partial charge in [-0.25, -0.2) is 9.78 Å². The van der Waals surface area contributed by atoms with Crippen LogP contribution in [-0.4, -0.2) is 54.2 Å². The molecule has 7 nitrogen and oxygen atoms in total. The molecule has 1 aliphatic rings. The zero-order valence-electron chi connectivity index (χ0n) is 13.8. The van der Waals surface area contributed by atoms with Crippen LogP contribution in [0, 0.1) is 11.8 Å². The number of carbonyl (C=O) groups excluding carboxylic acids is 1. The maximum Gasteiger partial charge on any atom is 0.317 e. The van der Waals surface area contributed by atoms with E-state index < -0.39 is 11.9 Å². The highest BCUT2D eigenvalue weighted by Gasteiger charge is 2.31. The van der Waals surface area contributed by atoms with Crippen LogP contribution in [0.15, 0.2) is 18.3 Å². The Hall–Kier alpha value is -2.31. The van der Waals surface area contributed by atoms with E-state index in [0.29, 0.717) is 19.5 Å². The van der Waals surface area contributed by atoms with Crippen LogP contribution in [0.3, 0.4) is 0 Å². The summed E-state index contributed by atoms with van der Waals surface area (Å²) in [5.41, 5.74) is 0.906. The van der Waals surface area contributed by atoms with Gasteiger partial charge in [0.2, 0.25) is 0 Å². The number of carboxylic acids is 1. The summed E-state index contributed by atoms with van der Waals surface area (Å²) in [5, 5.41) is 12.0. The third-order valence-corrected chi connectivity index (χ3v) is 4.01. The van der Waals surface area contributed by atoms with Gasteiger partial charge < -0.3 is 20.2 Å². The standard InChI is InChI=1S/C16H24N4O3/c1-11-6-13(15(21)22)10-20(9-11)16(23)18-8-12-4-5-14(17-7-12)19(2)3/h4-5,7,11,13H,6,8-10H2,1-3H3,(H,18,23)(H,21,22). The first-order valence-electron chi connectivity index (χ1n) is 7.74. The van der Waals surface area contributed by atoms with Crippen LogP contribution in [0.4, 0.5) is 10.6 Å². The first kappa shape index (κ1) is 17.1. The number of nitrogens with zero attached hydrogens (tertiary/aromatic N) is 3. The Morgan fingerprint density at radius 1 is 1.39 bits per heavy atom. The molecule has 0 spiro atoms. The Morgan fingerprint density at radius 2 is 2.13 bits per heavy atom. The van der Waals surface area contributed by atoms with Gasteiger partial charge in [-0.2, -0.15) is 0 Å². The van der Waals surface area contributed by atoms with Crippen LogP contribution in [0.1, 0.15) is 18.9 Å². The minimum absolute atomic E-state index is 0.191. The molecule has 2 unspecified atom stereocenters. The molecule has 0 aromatic carbocycles. The summed E-state index contributed by atoms with van der Waals surface area (Å²) in [5.74, 6) is -0.269. The number of pyridine rings is 1. The minimum Gasteiger partial charge on any atom is -0.481 e. The fourth-order valence-corrected chi connectivity index (χ4v) is 2.77. The van der Waals surface area contributed by atoms with Crippen molar-refractivity contribution >= 4 is 17.8 Å². The molecule has 0 saturated carbocycles. The van der Waals surface area contributed by atoms with Crippen molar-refractivity contribution in [3.63, 3.8) is 0 Å². The Balaban J connectivity index is 1.89. The number of anilines is 1. The van der Waals surface area contributed by atoms with E-state index >= 15 is 0 Å². The van der Waals surface area contributed by atoms with Crippen molar-refractivity contribution < 1.29 is 14.7 Å². The largest absolute Gasteiger partial charge is 0.481 e. The molecular weight excluding hydrogens is 296 g/mol. The Labute approximate surface area is 136 Å². The lowest BCUT2D eigenvalue weighted by atomic mass is 9.91. The molecule has 2 rings (SSSR count). The Bertz CT molecular complexity index is 559. The number of aromatic nitrogens is 1. The number of urea groups is 1. The first-order valence-corrected chi connectivity index (χ1v) is 7.74. The third kappa shape index (κ3) is 4.58. The lowest BCUT2D eigenvalue weighted by molar-refractivity contribution is -0.143. The molecule has 7 heteroatoms. The van der Waals surface area contributed by atoms with E-state index in [1.807, 2.05) is 38.1 Å². The van der Waals surface area contributed by atoms with Crippen LogP contribution in [0.5, 0.6) is 0 Å². The number of nitrogens with one attached hydrogen (secondary N) is 1. The topological polar surface area (TPSA) is 85.8 Å². The van der Waals surface area contributed by atoms with E-state index in [4.69, 9.17) is 5.11 Å². The van der Waals surface area contributed by atoms with Crippen molar-refractivity contribution in [3.05, 3.63) is 23.9 Å². The number of rotatable bonds is 4. The lowest BCUT2D eigenvalue weighted by Crippen LogP contribution is -2.49. The molecular formula is C16H24N4O3. The number of piperidine rings is 1. The van der Waals surface area contributed by atoms with Crippen LogP contribution >= 0.6 is 0 Å². The Morgan fingerprint density at radius 3 is 2.70 bits per heavy atom. The maximum atomic E-state index is 12.3. The highest BCUT2D eigenvalue weighted by Crippen LogP contribution is 2.21. The van der Waals surface area contributed by atoms with Crippen molar-refractivity contribution in [2.75, 3.05) is 32.1 Å². The molecule has 0 bridgehead atoms. The van der Waals surface area contributed by atoms with E-state index in [2.05, 4.69) is 10.3 Å². The summed E-state index contributed by atoms with van der Waals surface area (Å²) in [6, 6.07) is 3.59. The average Bonchev–Trinajstić information content (AvgIpc) is 2.52. The molecule has 1 aromatic rings. The summed E-state index contributed by atoms with van der Waals surface area (Å²) >= 11 is 0. The fraction of sp³-hybridized carbons (Fsp3) is 0.562. The molecule has 1 aromatic heterocycles. The maximum absolute atomic E-state index is 12.3. The zero-order chi connectivity index (χ0) is 17.0. The second kappa shape index (κ2) is 7.30.